The number of halogens is 2. The van der Waals surface area contributed by atoms with Gasteiger partial charge in [-0.25, -0.2) is 0 Å². The fraction of sp³-hybridized carbons (Fsp3) is 0.571. The van der Waals surface area contributed by atoms with Crippen molar-refractivity contribution in [3.63, 3.8) is 0 Å². The summed E-state index contributed by atoms with van der Waals surface area (Å²) >= 11 is 12.2. The first-order valence-electron chi connectivity index (χ1n) is 6.35. The summed E-state index contributed by atoms with van der Waals surface area (Å²) in [6, 6.07) is 6.36. The number of rotatable bonds is 7. The van der Waals surface area contributed by atoms with Crippen LogP contribution in [-0.2, 0) is 6.42 Å². The van der Waals surface area contributed by atoms with Crippen LogP contribution in [0.3, 0.4) is 0 Å². The summed E-state index contributed by atoms with van der Waals surface area (Å²) in [6.45, 7) is 5.35. The van der Waals surface area contributed by atoms with Gasteiger partial charge in [0.15, 0.2) is 0 Å². The summed E-state index contributed by atoms with van der Waals surface area (Å²) in [6.07, 6.45) is 4.61. The molecule has 0 radical (unpaired) electrons. The fourth-order valence-electron chi connectivity index (χ4n) is 1.99. The van der Waals surface area contributed by atoms with Gasteiger partial charge in [-0.15, -0.1) is 0 Å². The van der Waals surface area contributed by atoms with Crippen molar-refractivity contribution >= 4 is 23.2 Å². The molecule has 0 fully saturated rings. The maximum absolute atomic E-state index is 6.21. The molecule has 0 spiro atoms. The molecular weight excluding hydrogens is 253 g/mol. The molecule has 1 nitrogen and oxygen atoms in total. The van der Waals surface area contributed by atoms with Gasteiger partial charge in [0.2, 0.25) is 0 Å². The number of hydrogen-bond acceptors (Lipinski definition) is 1. The van der Waals surface area contributed by atoms with Crippen LogP contribution in [0.2, 0.25) is 10.0 Å². The predicted molar refractivity (Wildman–Crippen MR) is 77.2 cm³/mol. The van der Waals surface area contributed by atoms with E-state index in [1.54, 1.807) is 0 Å². The van der Waals surface area contributed by atoms with E-state index in [0.29, 0.717) is 16.1 Å². The van der Waals surface area contributed by atoms with Gasteiger partial charge in [-0.1, -0.05) is 62.0 Å². The lowest BCUT2D eigenvalue weighted by molar-refractivity contribution is 0.473. The van der Waals surface area contributed by atoms with Crippen LogP contribution in [0.1, 0.15) is 38.7 Å². The highest BCUT2D eigenvalue weighted by atomic mass is 35.5. The Hall–Kier alpha value is -0.240. The Morgan fingerprint density at radius 3 is 2.65 bits per heavy atom. The number of benzene rings is 1. The van der Waals surface area contributed by atoms with Gasteiger partial charge in [0.1, 0.15) is 0 Å². The Balaban J connectivity index is 2.67. The van der Waals surface area contributed by atoms with Crippen LogP contribution in [0.25, 0.3) is 0 Å². The number of unbranched alkanes of at least 4 members (excludes halogenated alkanes) is 1. The van der Waals surface area contributed by atoms with Crippen molar-refractivity contribution in [1.29, 1.82) is 0 Å². The monoisotopic (exact) mass is 273 g/mol. The van der Waals surface area contributed by atoms with Gasteiger partial charge >= 0.3 is 0 Å². The minimum Gasteiger partial charge on any atom is -0.314 e. The van der Waals surface area contributed by atoms with Gasteiger partial charge in [0.25, 0.3) is 0 Å². The van der Waals surface area contributed by atoms with E-state index in [-0.39, 0.29) is 0 Å². The largest absolute Gasteiger partial charge is 0.314 e. The molecule has 1 N–H and O–H groups in total. The topological polar surface area (TPSA) is 12.0 Å². The van der Waals surface area contributed by atoms with Crippen LogP contribution in [0.5, 0.6) is 0 Å². The van der Waals surface area contributed by atoms with Gasteiger partial charge < -0.3 is 5.32 Å². The Bertz CT molecular complexity index is 339. The number of nitrogens with one attached hydrogen (secondary N) is 1. The minimum absolute atomic E-state index is 0.496. The molecule has 1 atom stereocenters. The van der Waals surface area contributed by atoms with Crippen molar-refractivity contribution in [2.24, 2.45) is 0 Å². The van der Waals surface area contributed by atoms with E-state index in [2.05, 4.69) is 25.2 Å². The van der Waals surface area contributed by atoms with E-state index >= 15 is 0 Å². The summed E-state index contributed by atoms with van der Waals surface area (Å²) in [5.74, 6) is 0. The second kappa shape index (κ2) is 7.97. The molecule has 1 aromatic rings. The van der Waals surface area contributed by atoms with Crippen molar-refractivity contribution in [2.45, 2.75) is 45.6 Å². The first kappa shape index (κ1) is 14.8. The standard InChI is InChI=1S/C14H21Cl2N/c1-3-5-8-12(17-4-2)10-11-7-6-9-13(15)14(11)16/h6-7,9,12,17H,3-5,8,10H2,1-2H3. The number of hydrogen-bond donors (Lipinski definition) is 1. The van der Waals surface area contributed by atoms with E-state index in [0.717, 1.165) is 18.5 Å². The molecule has 96 valence electrons. The fourth-order valence-corrected chi connectivity index (χ4v) is 2.38. The van der Waals surface area contributed by atoms with E-state index in [1.165, 1.54) is 19.3 Å². The maximum atomic E-state index is 6.21. The summed E-state index contributed by atoms with van der Waals surface area (Å²) in [5.41, 5.74) is 1.14. The molecular formula is C14H21Cl2N. The van der Waals surface area contributed by atoms with Crippen LogP contribution >= 0.6 is 23.2 Å². The summed E-state index contributed by atoms with van der Waals surface area (Å²) in [7, 11) is 0. The smallest absolute Gasteiger partial charge is 0.0624 e. The lowest BCUT2D eigenvalue weighted by Gasteiger charge is -2.18. The Kier molecular flexibility index (Phi) is 6.94. The zero-order valence-electron chi connectivity index (χ0n) is 10.6. The zero-order chi connectivity index (χ0) is 12.7. The Morgan fingerprint density at radius 2 is 2.00 bits per heavy atom. The van der Waals surface area contributed by atoms with Gasteiger partial charge in [0.05, 0.1) is 10.0 Å². The normalized spacial score (nSPS) is 12.7. The van der Waals surface area contributed by atoms with E-state index < -0.39 is 0 Å². The molecule has 0 aromatic heterocycles. The molecule has 0 bridgehead atoms. The zero-order valence-corrected chi connectivity index (χ0v) is 12.1. The van der Waals surface area contributed by atoms with Crippen molar-refractivity contribution in [3.05, 3.63) is 33.8 Å². The average molecular weight is 274 g/mol. The summed E-state index contributed by atoms with van der Waals surface area (Å²) in [5, 5.41) is 4.86. The van der Waals surface area contributed by atoms with E-state index in [9.17, 15) is 0 Å². The molecule has 1 unspecified atom stereocenters. The molecule has 0 aliphatic carbocycles. The average Bonchev–Trinajstić information content (AvgIpc) is 2.32. The second-order valence-corrected chi connectivity index (χ2v) is 5.10. The van der Waals surface area contributed by atoms with Crippen LogP contribution in [-0.4, -0.2) is 12.6 Å². The van der Waals surface area contributed by atoms with Gasteiger partial charge in [-0.05, 0) is 31.0 Å². The summed E-state index contributed by atoms with van der Waals surface area (Å²) < 4.78 is 0. The van der Waals surface area contributed by atoms with Crippen LogP contribution in [0, 0.1) is 0 Å². The lowest BCUT2D eigenvalue weighted by atomic mass is 10.0. The third-order valence-corrected chi connectivity index (χ3v) is 3.75. The molecule has 1 aromatic carbocycles. The second-order valence-electron chi connectivity index (χ2n) is 4.31. The molecule has 1 rings (SSSR count). The molecule has 0 aliphatic rings. The minimum atomic E-state index is 0.496. The SMILES string of the molecule is CCCCC(Cc1cccc(Cl)c1Cl)NCC. The van der Waals surface area contributed by atoms with Crippen LogP contribution in [0.15, 0.2) is 18.2 Å². The van der Waals surface area contributed by atoms with Gasteiger partial charge in [-0.2, -0.15) is 0 Å². The summed E-state index contributed by atoms with van der Waals surface area (Å²) in [4.78, 5) is 0. The van der Waals surface area contributed by atoms with Gasteiger partial charge in [-0.3, -0.25) is 0 Å². The third-order valence-electron chi connectivity index (χ3n) is 2.90. The highest BCUT2D eigenvalue weighted by Crippen LogP contribution is 2.26. The van der Waals surface area contributed by atoms with Crippen molar-refractivity contribution in [3.8, 4) is 0 Å². The van der Waals surface area contributed by atoms with Crippen molar-refractivity contribution in [2.75, 3.05) is 6.54 Å². The molecule has 0 amide bonds. The van der Waals surface area contributed by atoms with Gasteiger partial charge in [0, 0.05) is 6.04 Å². The molecule has 0 saturated heterocycles. The quantitative estimate of drug-likeness (QED) is 0.759. The van der Waals surface area contributed by atoms with E-state index in [4.69, 9.17) is 23.2 Å². The first-order valence-corrected chi connectivity index (χ1v) is 7.10. The van der Waals surface area contributed by atoms with Crippen molar-refractivity contribution in [1.82, 2.24) is 5.32 Å². The Labute approximate surface area is 115 Å². The molecule has 17 heavy (non-hydrogen) atoms. The van der Waals surface area contributed by atoms with E-state index in [1.807, 2.05) is 12.1 Å². The molecule has 0 heterocycles. The highest BCUT2D eigenvalue weighted by Gasteiger charge is 2.11. The van der Waals surface area contributed by atoms with Crippen molar-refractivity contribution < 1.29 is 0 Å². The predicted octanol–water partition coefficient (Wildman–Crippen LogP) is 4.70. The third kappa shape index (κ3) is 4.87. The lowest BCUT2D eigenvalue weighted by Crippen LogP contribution is -2.31. The molecule has 3 heteroatoms. The highest BCUT2D eigenvalue weighted by molar-refractivity contribution is 6.42. The first-order chi connectivity index (χ1) is 8.19. The number of likely N-dealkylation sites (N-methyl/N-ethyl adjacent to an activating group) is 1. The molecule has 0 saturated carbocycles. The molecule has 0 aliphatic heterocycles. The maximum Gasteiger partial charge on any atom is 0.0624 e. The van der Waals surface area contributed by atoms with Crippen LogP contribution in [0.4, 0.5) is 0 Å². The Morgan fingerprint density at radius 1 is 1.24 bits per heavy atom. The van der Waals surface area contributed by atoms with Crippen LogP contribution < -0.4 is 5.32 Å².